The van der Waals surface area contributed by atoms with Gasteiger partial charge >= 0.3 is 0 Å². The Hall–Kier alpha value is -0.280. The summed E-state index contributed by atoms with van der Waals surface area (Å²) >= 11 is 12.0. The lowest BCUT2D eigenvalue weighted by Gasteiger charge is -2.31. The molecule has 1 heterocycles. The molecule has 0 saturated carbocycles. The fourth-order valence-corrected chi connectivity index (χ4v) is 2.57. The van der Waals surface area contributed by atoms with E-state index in [0.717, 1.165) is 31.1 Å². The SMILES string of the molecule is CN1CCNC(Cc2ccc(Cl)cc2Cl)C1. The number of nitrogens with zero attached hydrogens (tertiary/aromatic N) is 1. The molecule has 88 valence electrons. The van der Waals surface area contributed by atoms with Gasteiger partial charge in [0, 0.05) is 35.7 Å². The van der Waals surface area contributed by atoms with Crippen LogP contribution in [0, 0.1) is 0 Å². The van der Waals surface area contributed by atoms with E-state index in [4.69, 9.17) is 23.2 Å². The van der Waals surface area contributed by atoms with Crippen molar-refractivity contribution in [3.05, 3.63) is 33.8 Å². The second-order valence-electron chi connectivity index (χ2n) is 4.35. The van der Waals surface area contributed by atoms with E-state index in [1.165, 1.54) is 5.56 Å². The van der Waals surface area contributed by atoms with Crippen molar-refractivity contribution in [2.75, 3.05) is 26.7 Å². The Labute approximate surface area is 107 Å². The second-order valence-corrected chi connectivity index (χ2v) is 5.20. The Kier molecular flexibility index (Phi) is 4.09. The maximum atomic E-state index is 6.16. The molecule has 1 aliphatic rings. The topological polar surface area (TPSA) is 15.3 Å². The Balaban J connectivity index is 2.02. The smallest absolute Gasteiger partial charge is 0.0453 e. The lowest BCUT2D eigenvalue weighted by molar-refractivity contribution is 0.238. The van der Waals surface area contributed by atoms with Gasteiger partial charge in [0.25, 0.3) is 0 Å². The molecule has 0 amide bonds. The summed E-state index contributed by atoms with van der Waals surface area (Å²) in [5.41, 5.74) is 1.17. The van der Waals surface area contributed by atoms with Crippen molar-refractivity contribution < 1.29 is 0 Å². The van der Waals surface area contributed by atoms with Gasteiger partial charge in [-0.15, -0.1) is 0 Å². The molecule has 16 heavy (non-hydrogen) atoms. The van der Waals surface area contributed by atoms with Crippen LogP contribution in [0.3, 0.4) is 0 Å². The Morgan fingerprint density at radius 2 is 2.25 bits per heavy atom. The van der Waals surface area contributed by atoms with Gasteiger partial charge in [-0.1, -0.05) is 29.3 Å². The predicted molar refractivity (Wildman–Crippen MR) is 69.5 cm³/mol. The molecule has 1 fully saturated rings. The van der Waals surface area contributed by atoms with Crippen LogP contribution >= 0.6 is 23.2 Å². The van der Waals surface area contributed by atoms with Gasteiger partial charge in [-0.2, -0.15) is 0 Å². The van der Waals surface area contributed by atoms with E-state index in [-0.39, 0.29) is 0 Å². The van der Waals surface area contributed by atoms with Crippen LogP contribution in [0.15, 0.2) is 18.2 Å². The van der Waals surface area contributed by atoms with Crippen LogP contribution in [-0.4, -0.2) is 37.6 Å². The van der Waals surface area contributed by atoms with E-state index in [9.17, 15) is 0 Å². The fourth-order valence-electron chi connectivity index (χ4n) is 2.08. The zero-order valence-electron chi connectivity index (χ0n) is 9.34. The summed E-state index contributed by atoms with van der Waals surface area (Å²) in [5.74, 6) is 0. The van der Waals surface area contributed by atoms with Crippen LogP contribution in [0.1, 0.15) is 5.56 Å². The van der Waals surface area contributed by atoms with Gasteiger partial charge in [0.15, 0.2) is 0 Å². The van der Waals surface area contributed by atoms with E-state index >= 15 is 0 Å². The minimum atomic E-state index is 0.484. The molecule has 0 spiro atoms. The normalized spacial score (nSPS) is 22.3. The summed E-state index contributed by atoms with van der Waals surface area (Å²) in [6.07, 6.45) is 0.959. The van der Waals surface area contributed by atoms with Crippen molar-refractivity contribution in [3.8, 4) is 0 Å². The molecule has 1 atom stereocenters. The molecule has 1 aromatic carbocycles. The summed E-state index contributed by atoms with van der Waals surface area (Å²) in [6, 6.07) is 6.21. The van der Waals surface area contributed by atoms with Gasteiger partial charge in [-0.05, 0) is 31.2 Å². The van der Waals surface area contributed by atoms with Crippen LogP contribution < -0.4 is 5.32 Å². The molecule has 1 aromatic rings. The molecule has 1 unspecified atom stereocenters. The zero-order valence-corrected chi connectivity index (χ0v) is 10.9. The van der Waals surface area contributed by atoms with E-state index in [1.807, 2.05) is 18.2 Å². The molecular weight excluding hydrogens is 243 g/mol. The van der Waals surface area contributed by atoms with E-state index in [1.54, 1.807) is 0 Å². The summed E-state index contributed by atoms with van der Waals surface area (Å²) in [6.45, 7) is 3.23. The molecule has 2 nitrogen and oxygen atoms in total. The van der Waals surface area contributed by atoms with Crippen LogP contribution in [-0.2, 0) is 6.42 Å². The van der Waals surface area contributed by atoms with Crippen LogP contribution in [0.4, 0.5) is 0 Å². The van der Waals surface area contributed by atoms with Gasteiger partial charge in [-0.3, -0.25) is 0 Å². The maximum absolute atomic E-state index is 6.16. The van der Waals surface area contributed by atoms with Gasteiger partial charge < -0.3 is 10.2 Å². The van der Waals surface area contributed by atoms with Crippen molar-refractivity contribution in [3.63, 3.8) is 0 Å². The average molecular weight is 259 g/mol. The van der Waals surface area contributed by atoms with Crippen LogP contribution in [0.5, 0.6) is 0 Å². The second kappa shape index (κ2) is 5.37. The lowest BCUT2D eigenvalue weighted by atomic mass is 10.0. The standard InChI is InChI=1S/C12H16Cl2N2/c1-16-5-4-15-11(8-16)6-9-2-3-10(13)7-12(9)14/h2-3,7,11,15H,4-6,8H2,1H3. The molecular formula is C12H16Cl2N2. The lowest BCUT2D eigenvalue weighted by Crippen LogP contribution is -2.49. The highest BCUT2D eigenvalue weighted by molar-refractivity contribution is 6.35. The Bertz CT molecular complexity index is 368. The number of piperazine rings is 1. The van der Waals surface area contributed by atoms with Crippen molar-refractivity contribution in [2.24, 2.45) is 0 Å². The van der Waals surface area contributed by atoms with Crippen molar-refractivity contribution in [1.82, 2.24) is 10.2 Å². The number of likely N-dealkylation sites (N-methyl/N-ethyl adjacent to an activating group) is 1. The first kappa shape index (κ1) is 12.2. The number of rotatable bonds is 2. The molecule has 1 N–H and O–H groups in total. The van der Waals surface area contributed by atoms with Crippen molar-refractivity contribution >= 4 is 23.2 Å². The third-order valence-electron chi connectivity index (χ3n) is 2.94. The van der Waals surface area contributed by atoms with Gasteiger partial charge in [0.05, 0.1) is 0 Å². The molecule has 0 aliphatic carbocycles. The highest BCUT2D eigenvalue weighted by atomic mass is 35.5. The van der Waals surface area contributed by atoms with Crippen molar-refractivity contribution in [2.45, 2.75) is 12.5 Å². The minimum absolute atomic E-state index is 0.484. The molecule has 4 heteroatoms. The first-order valence-electron chi connectivity index (χ1n) is 5.51. The van der Waals surface area contributed by atoms with Gasteiger partial charge in [0.2, 0.25) is 0 Å². The van der Waals surface area contributed by atoms with Crippen molar-refractivity contribution in [1.29, 1.82) is 0 Å². The number of hydrogen-bond acceptors (Lipinski definition) is 2. The highest BCUT2D eigenvalue weighted by Gasteiger charge is 2.17. The highest BCUT2D eigenvalue weighted by Crippen LogP contribution is 2.22. The van der Waals surface area contributed by atoms with E-state index < -0.39 is 0 Å². The van der Waals surface area contributed by atoms with Crippen LogP contribution in [0.25, 0.3) is 0 Å². The Morgan fingerprint density at radius 3 is 2.94 bits per heavy atom. The van der Waals surface area contributed by atoms with Gasteiger partial charge in [-0.25, -0.2) is 0 Å². The fraction of sp³-hybridized carbons (Fsp3) is 0.500. The molecule has 1 saturated heterocycles. The summed E-state index contributed by atoms with van der Waals surface area (Å²) in [4.78, 5) is 2.34. The minimum Gasteiger partial charge on any atom is -0.311 e. The Morgan fingerprint density at radius 1 is 1.44 bits per heavy atom. The number of hydrogen-bond donors (Lipinski definition) is 1. The number of halogens is 2. The predicted octanol–water partition coefficient (Wildman–Crippen LogP) is 2.44. The van der Waals surface area contributed by atoms with Crippen LogP contribution in [0.2, 0.25) is 10.0 Å². The summed E-state index contributed by atoms with van der Waals surface area (Å²) < 4.78 is 0. The molecule has 0 radical (unpaired) electrons. The average Bonchev–Trinajstić information content (AvgIpc) is 2.22. The summed E-state index contributed by atoms with van der Waals surface area (Å²) in [7, 11) is 2.15. The summed E-state index contributed by atoms with van der Waals surface area (Å²) in [5, 5.41) is 4.97. The monoisotopic (exact) mass is 258 g/mol. The molecule has 0 bridgehead atoms. The first-order chi connectivity index (χ1) is 7.65. The van der Waals surface area contributed by atoms with Gasteiger partial charge in [0.1, 0.15) is 0 Å². The zero-order chi connectivity index (χ0) is 11.5. The molecule has 2 rings (SSSR count). The first-order valence-corrected chi connectivity index (χ1v) is 6.26. The largest absolute Gasteiger partial charge is 0.311 e. The van der Waals surface area contributed by atoms with E-state index in [2.05, 4.69) is 17.3 Å². The quantitative estimate of drug-likeness (QED) is 0.877. The number of nitrogens with one attached hydrogen (secondary N) is 1. The third kappa shape index (κ3) is 3.11. The molecule has 1 aliphatic heterocycles. The van der Waals surface area contributed by atoms with E-state index in [0.29, 0.717) is 11.1 Å². The molecule has 0 aromatic heterocycles. The third-order valence-corrected chi connectivity index (χ3v) is 3.53. The maximum Gasteiger partial charge on any atom is 0.0453 e. The number of benzene rings is 1.